The van der Waals surface area contributed by atoms with Crippen LogP contribution in [0.3, 0.4) is 0 Å². The van der Waals surface area contributed by atoms with Crippen LogP contribution in [-0.2, 0) is 0 Å². The van der Waals surface area contributed by atoms with Gasteiger partial charge in [-0.3, -0.25) is 4.79 Å². The fourth-order valence-corrected chi connectivity index (χ4v) is 1.57. The van der Waals surface area contributed by atoms with Crippen molar-refractivity contribution in [2.75, 3.05) is 13.7 Å². The third-order valence-corrected chi connectivity index (χ3v) is 2.57. The minimum atomic E-state index is -0.00519. The number of hydrogen-bond acceptors (Lipinski definition) is 3. The number of ketones is 1. The second-order valence-electron chi connectivity index (χ2n) is 3.97. The van der Waals surface area contributed by atoms with Crippen LogP contribution in [0.25, 0.3) is 0 Å². The van der Waals surface area contributed by atoms with Gasteiger partial charge in [0.1, 0.15) is 11.5 Å². The maximum Gasteiger partial charge on any atom is 0.163 e. The standard InChI is InChI=1S/C14H20O3/c1-4-5-6-9-17-14-8-7-12(16-3)10-13(14)11(2)15/h7-8,10H,4-6,9H2,1-3H3. The lowest BCUT2D eigenvalue weighted by Crippen LogP contribution is -2.03. The molecule has 1 rings (SSSR count). The molecule has 0 saturated heterocycles. The first kappa shape index (κ1) is 13.6. The Kier molecular flexibility index (Phi) is 5.53. The zero-order valence-electron chi connectivity index (χ0n) is 10.8. The molecule has 0 unspecified atom stereocenters. The van der Waals surface area contributed by atoms with Crippen molar-refractivity contribution in [1.29, 1.82) is 0 Å². The summed E-state index contributed by atoms with van der Waals surface area (Å²) in [6.45, 7) is 4.34. The minimum Gasteiger partial charge on any atom is -0.497 e. The molecule has 0 spiro atoms. The van der Waals surface area contributed by atoms with E-state index in [9.17, 15) is 4.79 Å². The summed E-state index contributed by atoms with van der Waals surface area (Å²) in [7, 11) is 1.58. The Bertz CT molecular complexity index is 372. The summed E-state index contributed by atoms with van der Waals surface area (Å²) in [6, 6.07) is 5.32. The van der Waals surface area contributed by atoms with Gasteiger partial charge in [0.15, 0.2) is 5.78 Å². The molecule has 0 atom stereocenters. The second-order valence-corrected chi connectivity index (χ2v) is 3.97. The van der Waals surface area contributed by atoms with E-state index in [2.05, 4.69) is 6.92 Å². The maximum absolute atomic E-state index is 11.5. The molecule has 3 nitrogen and oxygen atoms in total. The number of ether oxygens (including phenoxy) is 2. The van der Waals surface area contributed by atoms with Crippen LogP contribution >= 0.6 is 0 Å². The fraction of sp³-hybridized carbons (Fsp3) is 0.500. The number of carbonyl (C=O) groups excluding carboxylic acids is 1. The molecule has 0 aliphatic heterocycles. The Morgan fingerprint density at radius 1 is 1.29 bits per heavy atom. The molecule has 0 aromatic heterocycles. The third kappa shape index (κ3) is 4.10. The highest BCUT2D eigenvalue weighted by Gasteiger charge is 2.09. The van der Waals surface area contributed by atoms with Crippen LogP contribution in [0.2, 0.25) is 0 Å². The van der Waals surface area contributed by atoms with Crippen molar-refractivity contribution < 1.29 is 14.3 Å². The number of carbonyl (C=O) groups is 1. The summed E-state index contributed by atoms with van der Waals surface area (Å²) in [5.41, 5.74) is 0.584. The van der Waals surface area contributed by atoms with E-state index < -0.39 is 0 Å². The number of methoxy groups -OCH3 is 1. The molecule has 0 aliphatic carbocycles. The zero-order chi connectivity index (χ0) is 12.7. The first-order valence-corrected chi connectivity index (χ1v) is 6.00. The van der Waals surface area contributed by atoms with Crippen LogP contribution in [0.1, 0.15) is 43.5 Å². The van der Waals surface area contributed by atoms with E-state index in [0.29, 0.717) is 23.7 Å². The van der Waals surface area contributed by atoms with Crippen molar-refractivity contribution in [1.82, 2.24) is 0 Å². The quantitative estimate of drug-likeness (QED) is 0.537. The molecule has 0 N–H and O–H groups in total. The van der Waals surface area contributed by atoms with Crippen LogP contribution in [-0.4, -0.2) is 19.5 Å². The van der Waals surface area contributed by atoms with Crippen LogP contribution in [0.15, 0.2) is 18.2 Å². The summed E-state index contributed by atoms with van der Waals surface area (Å²) < 4.78 is 10.7. The van der Waals surface area contributed by atoms with Gasteiger partial charge >= 0.3 is 0 Å². The van der Waals surface area contributed by atoms with Crippen molar-refractivity contribution in [2.24, 2.45) is 0 Å². The van der Waals surface area contributed by atoms with Crippen molar-refractivity contribution >= 4 is 5.78 Å². The van der Waals surface area contributed by atoms with Gasteiger partial charge in [-0.05, 0) is 31.5 Å². The van der Waals surface area contributed by atoms with Gasteiger partial charge in [0.05, 0.1) is 19.3 Å². The lowest BCUT2D eigenvalue weighted by atomic mass is 10.1. The largest absolute Gasteiger partial charge is 0.497 e. The first-order chi connectivity index (χ1) is 8.19. The monoisotopic (exact) mass is 236 g/mol. The molecule has 0 fully saturated rings. The van der Waals surface area contributed by atoms with Crippen molar-refractivity contribution in [2.45, 2.75) is 33.1 Å². The lowest BCUT2D eigenvalue weighted by molar-refractivity contribution is 0.101. The van der Waals surface area contributed by atoms with E-state index in [1.54, 1.807) is 19.2 Å². The highest BCUT2D eigenvalue weighted by atomic mass is 16.5. The van der Waals surface area contributed by atoms with Crippen LogP contribution in [0.4, 0.5) is 0 Å². The Labute approximate surface area is 103 Å². The average Bonchev–Trinajstić information content (AvgIpc) is 2.34. The third-order valence-electron chi connectivity index (χ3n) is 2.57. The van der Waals surface area contributed by atoms with E-state index in [1.807, 2.05) is 6.07 Å². The molecule has 17 heavy (non-hydrogen) atoms. The van der Waals surface area contributed by atoms with E-state index in [1.165, 1.54) is 6.92 Å². The molecule has 0 bridgehead atoms. The van der Waals surface area contributed by atoms with Crippen LogP contribution in [0, 0.1) is 0 Å². The predicted molar refractivity (Wildman–Crippen MR) is 68.0 cm³/mol. The van der Waals surface area contributed by atoms with Gasteiger partial charge in [-0.1, -0.05) is 19.8 Å². The van der Waals surface area contributed by atoms with E-state index in [-0.39, 0.29) is 5.78 Å². The number of unbranched alkanes of at least 4 members (excludes halogenated alkanes) is 2. The van der Waals surface area contributed by atoms with Gasteiger partial charge in [-0.15, -0.1) is 0 Å². The Morgan fingerprint density at radius 3 is 2.65 bits per heavy atom. The smallest absolute Gasteiger partial charge is 0.163 e. The fourth-order valence-electron chi connectivity index (χ4n) is 1.57. The van der Waals surface area contributed by atoms with Crippen LogP contribution < -0.4 is 9.47 Å². The van der Waals surface area contributed by atoms with Gasteiger partial charge in [-0.2, -0.15) is 0 Å². The summed E-state index contributed by atoms with van der Waals surface area (Å²) in [4.78, 5) is 11.5. The first-order valence-electron chi connectivity index (χ1n) is 6.00. The SMILES string of the molecule is CCCCCOc1ccc(OC)cc1C(C)=O. The van der Waals surface area contributed by atoms with Gasteiger partial charge in [0.25, 0.3) is 0 Å². The molecule has 0 radical (unpaired) electrons. The highest BCUT2D eigenvalue weighted by Crippen LogP contribution is 2.24. The van der Waals surface area contributed by atoms with Gasteiger partial charge in [-0.25, -0.2) is 0 Å². The second kappa shape index (κ2) is 6.94. The summed E-state index contributed by atoms with van der Waals surface area (Å²) >= 11 is 0. The van der Waals surface area contributed by atoms with Crippen LogP contribution in [0.5, 0.6) is 11.5 Å². The molecular weight excluding hydrogens is 216 g/mol. The van der Waals surface area contributed by atoms with Crippen molar-refractivity contribution in [3.05, 3.63) is 23.8 Å². The zero-order valence-corrected chi connectivity index (χ0v) is 10.8. The summed E-state index contributed by atoms with van der Waals surface area (Å²) in [5, 5.41) is 0. The maximum atomic E-state index is 11.5. The number of rotatable bonds is 7. The van der Waals surface area contributed by atoms with E-state index in [0.717, 1.165) is 19.3 Å². The van der Waals surface area contributed by atoms with Crippen molar-refractivity contribution in [3.8, 4) is 11.5 Å². The molecular formula is C14H20O3. The molecule has 1 aromatic carbocycles. The van der Waals surface area contributed by atoms with E-state index in [4.69, 9.17) is 9.47 Å². The highest BCUT2D eigenvalue weighted by molar-refractivity contribution is 5.97. The Hall–Kier alpha value is -1.51. The molecule has 1 aromatic rings. The Morgan fingerprint density at radius 2 is 2.06 bits per heavy atom. The Balaban J connectivity index is 2.73. The number of Topliss-reactive ketones (excluding diaryl/α,β-unsaturated/α-hetero) is 1. The van der Waals surface area contributed by atoms with Gasteiger partial charge < -0.3 is 9.47 Å². The molecule has 94 valence electrons. The summed E-state index contributed by atoms with van der Waals surface area (Å²) in [5.74, 6) is 1.32. The van der Waals surface area contributed by atoms with E-state index >= 15 is 0 Å². The molecule has 0 amide bonds. The molecule has 3 heteroatoms. The normalized spacial score (nSPS) is 10.1. The lowest BCUT2D eigenvalue weighted by Gasteiger charge is -2.10. The number of hydrogen-bond donors (Lipinski definition) is 0. The van der Waals surface area contributed by atoms with Gasteiger partial charge in [0, 0.05) is 0 Å². The average molecular weight is 236 g/mol. The topological polar surface area (TPSA) is 35.5 Å². The summed E-state index contributed by atoms with van der Waals surface area (Å²) in [6.07, 6.45) is 3.32. The van der Waals surface area contributed by atoms with Crippen molar-refractivity contribution in [3.63, 3.8) is 0 Å². The minimum absolute atomic E-state index is 0.00519. The molecule has 0 saturated carbocycles. The molecule has 0 aliphatic rings. The molecule has 0 heterocycles. The van der Waals surface area contributed by atoms with Gasteiger partial charge in [0.2, 0.25) is 0 Å². The number of benzene rings is 1. The predicted octanol–water partition coefficient (Wildman–Crippen LogP) is 3.47.